The van der Waals surface area contributed by atoms with Gasteiger partial charge in [-0.05, 0) is 24.3 Å². The van der Waals surface area contributed by atoms with Crippen molar-refractivity contribution >= 4 is 5.82 Å². The minimum absolute atomic E-state index is 0.754. The Morgan fingerprint density at radius 2 is 2.00 bits per heavy atom. The van der Waals surface area contributed by atoms with Crippen LogP contribution in [0.3, 0.4) is 0 Å². The molecule has 0 amide bonds. The monoisotopic (exact) mass is 230 g/mol. The summed E-state index contributed by atoms with van der Waals surface area (Å²) in [5, 5.41) is 11.8. The van der Waals surface area contributed by atoms with Gasteiger partial charge in [0.1, 0.15) is 5.69 Å². The molecule has 17 heavy (non-hydrogen) atoms. The molecule has 1 fully saturated rings. The van der Waals surface area contributed by atoms with Gasteiger partial charge in [0, 0.05) is 26.2 Å². The van der Waals surface area contributed by atoms with Gasteiger partial charge in [0.05, 0.1) is 6.26 Å². The average molecular weight is 230 g/mol. The van der Waals surface area contributed by atoms with E-state index in [2.05, 4.69) is 20.4 Å². The number of nitrogens with zero attached hydrogens (tertiary/aromatic N) is 3. The summed E-state index contributed by atoms with van der Waals surface area (Å²) in [6.45, 7) is 3.97. The average Bonchev–Trinajstić information content (AvgIpc) is 2.94. The summed E-state index contributed by atoms with van der Waals surface area (Å²) in [6, 6.07) is 7.68. The summed E-state index contributed by atoms with van der Waals surface area (Å²) in [5.74, 6) is 1.69. The Morgan fingerprint density at radius 3 is 2.65 bits per heavy atom. The highest BCUT2D eigenvalue weighted by atomic mass is 16.3. The molecule has 0 saturated carbocycles. The van der Waals surface area contributed by atoms with Gasteiger partial charge in [-0.1, -0.05) is 0 Å². The summed E-state index contributed by atoms with van der Waals surface area (Å²) < 4.78 is 5.28. The summed E-state index contributed by atoms with van der Waals surface area (Å²) in [7, 11) is 0. The number of hydrogen-bond donors (Lipinski definition) is 1. The van der Waals surface area contributed by atoms with E-state index in [0.717, 1.165) is 43.5 Å². The summed E-state index contributed by atoms with van der Waals surface area (Å²) in [4.78, 5) is 2.23. The molecule has 5 heteroatoms. The van der Waals surface area contributed by atoms with Crippen LogP contribution in [0.2, 0.25) is 0 Å². The van der Waals surface area contributed by atoms with E-state index in [0.29, 0.717) is 0 Å². The lowest BCUT2D eigenvalue weighted by Crippen LogP contribution is -2.43. The highest BCUT2D eigenvalue weighted by Crippen LogP contribution is 2.18. The highest BCUT2D eigenvalue weighted by molar-refractivity contribution is 5.53. The smallest absolute Gasteiger partial charge is 0.154 e. The number of piperazine rings is 1. The fourth-order valence-corrected chi connectivity index (χ4v) is 1.94. The van der Waals surface area contributed by atoms with Crippen molar-refractivity contribution in [2.45, 2.75) is 0 Å². The number of furan rings is 1. The maximum absolute atomic E-state index is 5.28. The van der Waals surface area contributed by atoms with E-state index in [1.165, 1.54) is 0 Å². The third kappa shape index (κ3) is 2.14. The van der Waals surface area contributed by atoms with Crippen molar-refractivity contribution in [1.29, 1.82) is 0 Å². The zero-order valence-electron chi connectivity index (χ0n) is 9.47. The standard InChI is InChI=1S/C12H14N4O/c1-2-11(17-9-1)10-3-4-12(15-14-10)16-7-5-13-6-8-16/h1-4,9,13H,5-8H2. The predicted molar refractivity (Wildman–Crippen MR) is 64.8 cm³/mol. The fraction of sp³-hybridized carbons (Fsp3) is 0.333. The summed E-state index contributed by atoms with van der Waals surface area (Å²) in [5.41, 5.74) is 0.772. The molecule has 1 aliphatic rings. The molecule has 0 spiro atoms. The van der Waals surface area contributed by atoms with E-state index in [1.807, 2.05) is 24.3 Å². The zero-order valence-corrected chi connectivity index (χ0v) is 9.47. The second-order valence-electron chi connectivity index (χ2n) is 3.99. The molecule has 0 aromatic carbocycles. The molecule has 2 aromatic rings. The highest BCUT2D eigenvalue weighted by Gasteiger charge is 2.12. The Labute approximate surface area is 99.5 Å². The lowest BCUT2D eigenvalue weighted by Gasteiger charge is -2.27. The molecule has 0 unspecified atom stereocenters. The number of hydrogen-bond acceptors (Lipinski definition) is 5. The van der Waals surface area contributed by atoms with Crippen LogP contribution in [0.25, 0.3) is 11.5 Å². The van der Waals surface area contributed by atoms with Gasteiger partial charge in [-0.3, -0.25) is 0 Å². The Bertz CT molecular complexity index is 460. The minimum atomic E-state index is 0.754. The maximum Gasteiger partial charge on any atom is 0.154 e. The molecule has 1 aliphatic heterocycles. The van der Waals surface area contributed by atoms with Gasteiger partial charge in [-0.15, -0.1) is 10.2 Å². The molecule has 0 atom stereocenters. The van der Waals surface area contributed by atoms with Gasteiger partial charge in [-0.25, -0.2) is 0 Å². The molecular formula is C12H14N4O. The second-order valence-corrected chi connectivity index (χ2v) is 3.99. The second kappa shape index (κ2) is 4.55. The maximum atomic E-state index is 5.28. The molecule has 1 saturated heterocycles. The number of anilines is 1. The van der Waals surface area contributed by atoms with Crippen molar-refractivity contribution in [2.75, 3.05) is 31.1 Å². The molecule has 3 heterocycles. The Hall–Kier alpha value is -1.88. The van der Waals surface area contributed by atoms with E-state index >= 15 is 0 Å². The Morgan fingerprint density at radius 1 is 1.12 bits per heavy atom. The van der Waals surface area contributed by atoms with Crippen LogP contribution >= 0.6 is 0 Å². The zero-order chi connectivity index (χ0) is 11.5. The normalized spacial score (nSPS) is 16.1. The van der Waals surface area contributed by atoms with Crippen LogP contribution in [0.4, 0.5) is 5.82 Å². The molecule has 5 nitrogen and oxygen atoms in total. The molecule has 2 aromatic heterocycles. The van der Waals surface area contributed by atoms with Gasteiger partial charge in [-0.2, -0.15) is 0 Å². The van der Waals surface area contributed by atoms with Crippen LogP contribution in [0.5, 0.6) is 0 Å². The first kappa shape index (κ1) is 10.3. The van der Waals surface area contributed by atoms with Crippen molar-refractivity contribution < 1.29 is 4.42 Å². The predicted octanol–water partition coefficient (Wildman–Crippen LogP) is 1.15. The topological polar surface area (TPSA) is 54.2 Å². The number of nitrogens with one attached hydrogen (secondary N) is 1. The number of aromatic nitrogens is 2. The van der Waals surface area contributed by atoms with Gasteiger partial charge in [0.25, 0.3) is 0 Å². The lowest BCUT2D eigenvalue weighted by atomic mass is 10.3. The van der Waals surface area contributed by atoms with Crippen molar-refractivity contribution in [3.05, 3.63) is 30.5 Å². The van der Waals surface area contributed by atoms with E-state index in [9.17, 15) is 0 Å². The summed E-state index contributed by atoms with van der Waals surface area (Å²) >= 11 is 0. The van der Waals surface area contributed by atoms with Crippen molar-refractivity contribution in [3.63, 3.8) is 0 Å². The number of rotatable bonds is 2. The molecule has 0 bridgehead atoms. The van der Waals surface area contributed by atoms with Gasteiger partial charge >= 0.3 is 0 Å². The van der Waals surface area contributed by atoms with Crippen molar-refractivity contribution in [2.24, 2.45) is 0 Å². The minimum Gasteiger partial charge on any atom is -0.463 e. The van der Waals surface area contributed by atoms with Crippen molar-refractivity contribution in [1.82, 2.24) is 15.5 Å². The molecule has 0 radical (unpaired) electrons. The first-order valence-corrected chi connectivity index (χ1v) is 5.77. The third-order valence-corrected chi connectivity index (χ3v) is 2.87. The Kier molecular flexibility index (Phi) is 2.75. The Balaban J connectivity index is 1.80. The van der Waals surface area contributed by atoms with Crippen LogP contribution in [0.15, 0.2) is 34.9 Å². The summed E-state index contributed by atoms with van der Waals surface area (Å²) in [6.07, 6.45) is 1.64. The van der Waals surface area contributed by atoms with Crippen LogP contribution < -0.4 is 10.2 Å². The largest absolute Gasteiger partial charge is 0.463 e. The van der Waals surface area contributed by atoms with Gasteiger partial charge in [0.2, 0.25) is 0 Å². The first-order valence-electron chi connectivity index (χ1n) is 5.77. The van der Waals surface area contributed by atoms with Crippen molar-refractivity contribution in [3.8, 4) is 11.5 Å². The third-order valence-electron chi connectivity index (χ3n) is 2.87. The van der Waals surface area contributed by atoms with E-state index < -0.39 is 0 Å². The molecule has 0 aliphatic carbocycles. The van der Waals surface area contributed by atoms with Crippen LogP contribution in [-0.4, -0.2) is 36.4 Å². The lowest BCUT2D eigenvalue weighted by molar-refractivity contribution is 0.575. The van der Waals surface area contributed by atoms with Crippen LogP contribution in [0.1, 0.15) is 0 Å². The fourth-order valence-electron chi connectivity index (χ4n) is 1.94. The molecule has 88 valence electrons. The SMILES string of the molecule is c1coc(-c2ccc(N3CCNCC3)nn2)c1. The molecule has 3 rings (SSSR count). The van der Waals surface area contributed by atoms with Gasteiger partial charge < -0.3 is 14.6 Å². The van der Waals surface area contributed by atoms with Gasteiger partial charge in [0.15, 0.2) is 11.6 Å². The van der Waals surface area contributed by atoms with E-state index in [4.69, 9.17) is 4.42 Å². The van der Waals surface area contributed by atoms with Crippen LogP contribution in [-0.2, 0) is 0 Å². The molecular weight excluding hydrogens is 216 g/mol. The van der Waals surface area contributed by atoms with E-state index in [1.54, 1.807) is 6.26 Å². The quantitative estimate of drug-likeness (QED) is 0.838. The van der Waals surface area contributed by atoms with E-state index in [-0.39, 0.29) is 0 Å². The van der Waals surface area contributed by atoms with Crippen LogP contribution in [0, 0.1) is 0 Å². The first-order chi connectivity index (χ1) is 8.43. The molecule has 1 N–H and O–H groups in total.